The fourth-order valence-electron chi connectivity index (χ4n) is 3.01. The smallest absolute Gasteiger partial charge is 0.338 e. The van der Waals surface area contributed by atoms with Crippen LogP contribution in [-0.4, -0.2) is 44.4 Å². The van der Waals surface area contributed by atoms with Gasteiger partial charge in [0.05, 0.1) is 23.5 Å². The molecule has 0 aliphatic carbocycles. The summed E-state index contributed by atoms with van der Waals surface area (Å²) in [5.74, 6) is -0.886. The monoisotopic (exact) mass is 497 g/mol. The molecule has 1 heterocycles. The predicted octanol–water partition coefficient (Wildman–Crippen LogP) is 3.77. The molecule has 2 aromatic carbocycles. The molecule has 2 N–H and O–H groups in total. The molecule has 0 bridgehead atoms. The lowest BCUT2D eigenvalue weighted by molar-refractivity contribution is -0.136. The zero-order valence-electron chi connectivity index (χ0n) is 18.8. The third-order valence-corrected chi connectivity index (χ3v) is 6.26. The van der Waals surface area contributed by atoms with E-state index in [2.05, 4.69) is 4.72 Å². The van der Waals surface area contributed by atoms with Crippen LogP contribution in [-0.2, 0) is 19.6 Å². The van der Waals surface area contributed by atoms with Crippen molar-refractivity contribution in [3.63, 3.8) is 0 Å². The highest BCUT2D eigenvalue weighted by Crippen LogP contribution is 2.23. The van der Waals surface area contributed by atoms with Crippen LogP contribution in [0, 0.1) is 0 Å². The number of nitrogens with one attached hydrogen (secondary N) is 1. The van der Waals surface area contributed by atoms with Crippen molar-refractivity contribution in [2.75, 3.05) is 13.2 Å². The van der Waals surface area contributed by atoms with Gasteiger partial charge in [0.25, 0.3) is 0 Å². The fourth-order valence-corrected chi connectivity index (χ4v) is 4.04. The molecule has 0 saturated heterocycles. The summed E-state index contributed by atoms with van der Waals surface area (Å²) in [5.41, 5.74) is 1.45. The van der Waals surface area contributed by atoms with Gasteiger partial charge in [-0.05, 0) is 67.6 Å². The maximum atomic E-state index is 12.5. The van der Waals surface area contributed by atoms with Gasteiger partial charge in [-0.1, -0.05) is 12.1 Å². The molecular weight excluding hydrogens is 474 g/mol. The van der Waals surface area contributed by atoms with Crippen molar-refractivity contribution in [3.8, 4) is 11.3 Å². The molecule has 0 aliphatic heterocycles. The van der Waals surface area contributed by atoms with E-state index in [9.17, 15) is 22.8 Å². The second-order valence-electron chi connectivity index (χ2n) is 7.26. The van der Waals surface area contributed by atoms with Crippen molar-refractivity contribution in [2.45, 2.75) is 18.2 Å². The van der Waals surface area contributed by atoms with E-state index in [1.54, 1.807) is 43.3 Å². The molecule has 182 valence electrons. The number of carboxylic acids is 1. The van der Waals surface area contributed by atoms with Gasteiger partial charge in [0, 0.05) is 17.7 Å². The first-order chi connectivity index (χ1) is 16.7. The molecule has 9 nitrogen and oxygen atoms in total. The third-order valence-electron chi connectivity index (χ3n) is 4.79. The van der Waals surface area contributed by atoms with Gasteiger partial charge in [0.15, 0.2) is 5.78 Å². The molecular formula is C25H23NO8S. The molecule has 1 aromatic heterocycles. The first kappa shape index (κ1) is 25.6. The van der Waals surface area contributed by atoms with E-state index in [4.69, 9.17) is 14.3 Å². The van der Waals surface area contributed by atoms with Gasteiger partial charge in [-0.3, -0.25) is 9.59 Å². The van der Waals surface area contributed by atoms with Crippen LogP contribution in [0.3, 0.4) is 0 Å². The second kappa shape index (κ2) is 11.4. The Hall–Kier alpha value is -4.02. The van der Waals surface area contributed by atoms with Crippen LogP contribution in [0.15, 0.2) is 76.1 Å². The van der Waals surface area contributed by atoms with Crippen LogP contribution in [0.5, 0.6) is 0 Å². The molecule has 0 unspecified atom stereocenters. The molecule has 10 heteroatoms. The highest BCUT2D eigenvalue weighted by atomic mass is 32.2. The minimum atomic E-state index is -3.87. The van der Waals surface area contributed by atoms with E-state index in [0.29, 0.717) is 23.7 Å². The maximum absolute atomic E-state index is 12.5. The lowest BCUT2D eigenvalue weighted by atomic mass is 10.1. The Balaban J connectivity index is 1.63. The molecule has 0 atom stereocenters. The van der Waals surface area contributed by atoms with Crippen molar-refractivity contribution in [1.29, 1.82) is 0 Å². The summed E-state index contributed by atoms with van der Waals surface area (Å²) >= 11 is 0. The number of carbonyl (C=O) groups excluding carboxylic acids is 2. The average molecular weight is 498 g/mol. The molecule has 0 amide bonds. The zero-order chi connectivity index (χ0) is 25.4. The van der Waals surface area contributed by atoms with Gasteiger partial charge in [-0.2, -0.15) is 0 Å². The number of hydrogen-bond acceptors (Lipinski definition) is 7. The maximum Gasteiger partial charge on any atom is 0.338 e. The number of ketones is 1. The van der Waals surface area contributed by atoms with E-state index >= 15 is 0 Å². The SMILES string of the molecule is CCOC(=O)c1ccc(-c2ccc(/C=C/C(=O)c3ccc(S(=O)(=O)NCCC(=O)O)cc3)o2)cc1. The van der Waals surface area contributed by atoms with Crippen LogP contribution in [0.1, 0.15) is 39.8 Å². The van der Waals surface area contributed by atoms with Crippen molar-refractivity contribution in [1.82, 2.24) is 4.72 Å². The van der Waals surface area contributed by atoms with E-state index in [0.717, 1.165) is 5.56 Å². The molecule has 3 aromatic rings. The number of benzene rings is 2. The number of carbonyl (C=O) groups is 3. The van der Waals surface area contributed by atoms with Gasteiger partial charge in [-0.15, -0.1) is 0 Å². The Kier molecular flexibility index (Phi) is 8.34. The largest absolute Gasteiger partial charge is 0.481 e. The first-order valence-corrected chi connectivity index (χ1v) is 12.1. The summed E-state index contributed by atoms with van der Waals surface area (Å²) in [6, 6.07) is 15.5. The van der Waals surface area contributed by atoms with Gasteiger partial charge in [0.2, 0.25) is 10.0 Å². The predicted molar refractivity (Wildman–Crippen MR) is 127 cm³/mol. The Morgan fingerprint density at radius 2 is 1.63 bits per heavy atom. The molecule has 3 rings (SSSR count). The van der Waals surface area contributed by atoms with Crippen LogP contribution in [0.2, 0.25) is 0 Å². The number of esters is 1. The van der Waals surface area contributed by atoms with Gasteiger partial charge in [0.1, 0.15) is 11.5 Å². The molecule has 0 fully saturated rings. The summed E-state index contributed by atoms with van der Waals surface area (Å²) < 4.78 is 37.2. The lowest BCUT2D eigenvalue weighted by Gasteiger charge is -2.06. The highest BCUT2D eigenvalue weighted by Gasteiger charge is 2.15. The van der Waals surface area contributed by atoms with Crippen molar-refractivity contribution in [3.05, 3.63) is 83.6 Å². The normalized spacial score (nSPS) is 11.5. The number of hydrogen-bond donors (Lipinski definition) is 2. The quantitative estimate of drug-likeness (QED) is 0.232. The van der Waals surface area contributed by atoms with Crippen molar-refractivity contribution >= 4 is 33.8 Å². The Morgan fingerprint density at radius 1 is 0.971 bits per heavy atom. The number of rotatable bonds is 11. The number of aliphatic carboxylic acids is 1. The first-order valence-electron chi connectivity index (χ1n) is 10.6. The van der Waals surface area contributed by atoms with Crippen LogP contribution >= 0.6 is 0 Å². The van der Waals surface area contributed by atoms with Gasteiger partial charge in [-0.25, -0.2) is 17.9 Å². The van der Waals surface area contributed by atoms with Crippen molar-refractivity contribution < 1.29 is 37.1 Å². The second-order valence-corrected chi connectivity index (χ2v) is 9.03. The highest BCUT2D eigenvalue weighted by molar-refractivity contribution is 7.89. The van der Waals surface area contributed by atoms with Crippen LogP contribution < -0.4 is 4.72 Å². The average Bonchev–Trinajstić information content (AvgIpc) is 3.31. The Labute approximate surface area is 202 Å². The molecule has 0 spiro atoms. The van der Waals surface area contributed by atoms with Gasteiger partial charge >= 0.3 is 11.9 Å². The third kappa shape index (κ3) is 6.98. The minimum absolute atomic E-state index is 0.0759. The van der Waals surface area contributed by atoms with E-state index < -0.39 is 22.0 Å². The van der Waals surface area contributed by atoms with Crippen molar-refractivity contribution in [2.24, 2.45) is 0 Å². The van der Waals surface area contributed by atoms with E-state index in [1.165, 1.54) is 36.4 Å². The van der Waals surface area contributed by atoms with Crippen LogP contribution in [0.25, 0.3) is 17.4 Å². The fraction of sp³-hybridized carbons (Fsp3) is 0.160. The number of furan rings is 1. The Morgan fingerprint density at radius 3 is 2.26 bits per heavy atom. The topological polar surface area (TPSA) is 140 Å². The standard InChI is InChI=1S/C25H23NO8S/c1-2-33-25(30)19-5-3-18(4-6-19)23-14-10-20(34-23)9-13-22(27)17-7-11-21(12-8-17)35(31,32)26-16-15-24(28)29/h3-14,26H,2,15-16H2,1H3,(H,28,29)/b13-9+. The Bertz CT molecular complexity index is 1340. The molecule has 0 radical (unpaired) electrons. The zero-order valence-corrected chi connectivity index (χ0v) is 19.6. The van der Waals surface area contributed by atoms with E-state index in [1.807, 2.05) is 0 Å². The lowest BCUT2D eigenvalue weighted by Crippen LogP contribution is -2.26. The molecule has 0 saturated carbocycles. The number of sulfonamides is 1. The summed E-state index contributed by atoms with van der Waals surface area (Å²) in [6.45, 7) is 1.80. The summed E-state index contributed by atoms with van der Waals surface area (Å²) in [5, 5.41) is 8.61. The molecule has 35 heavy (non-hydrogen) atoms. The number of allylic oxidation sites excluding steroid dienone is 1. The summed E-state index contributed by atoms with van der Waals surface area (Å²) in [7, 11) is -3.87. The van der Waals surface area contributed by atoms with Crippen LogP contribution in [0.4, 0.5) is 0 Å². The minimum Gasteiger partial charge on any atom is -0.481 e. The summed E-state index contributed by atoms with van der Waals surface area (Å²) in [4.78, 5) is 34.7. The number of ether oxygens (including phenoxy) is 1. The number of carboxylic acid groups (broad SMARTS) is 1. The molecule has 0 aliphatic rings. The van der Waals surface area contributed by atoms with Gasteiger partial charge < -0.3 is 14.3 Å². The van der Waals surface area contributed by atoms with E-state index in [-0.39, 0.29) is 29.2 Å². The summed E-state index contributed by atoms with van der Waals surface area (Å²) in [6.07, 6.45) is 2.46.